The summed E-state index contributed by atoms with van der Waals surface area (Å²) in [6.07, 6.45) is 6.46. The van der Waals surface area contributed by atoms with Crippen molar-refractivity contribution in [2.45, 2.75) is 12.5 Å². The van der Waals surface area contributed by atoms with Gasteiger partial charge in [-0.1, -0.05) is 18.2 Å². The molecule has 8 heteroatoms. The van der Waals surface area contributed by atoms with E-state index in [0.29, 0.717) is 12.1 Å². The van der Waals surface area contributed by atoms with Crippen LogP contribution in [-0.4, -0.2) is 53.2 Å². The van der Waals surface area contributed by atoms with E-state index in [9.17, 15) is 9.59 Å². The van der Waals surface area contributed by atoms with Crippen LogP contribution in [0, 0.1) is 0 Å². The molecule has 29 heavy (non-hydrogen) atoms. The normalized spacial score (nSPS) is 16.8. The number of nitrogens with one attached hydrogen (secondary N) is 2. The Balaban J connectivity index is 1.38. The van der Waals surface area contributed by atoms with Crippen LogP contribution >= 0.6 is 0 Å². The molecule has 0 aliphatic carbocycles. The summed E-state index contributed by atoms with van der Waals surface area (Å²) >= 11 is 0. The Bertz CT molecular complexity index is 1060. The highest BCUT2D eigenvalue weighted by Gasteiger charge is 2.27. The molecule has 2 aromatic heterocycles. The van der Waals surface area contributed by atoms with Gasteiger partial charge in [0.05, 0.1) is 5.52 Å². The van der Waals surface area contributed by atoms with Crippen LogP contribution in [0.3, 0.4) is 0 Å². The summed E-state index contributed by atoms with van der Waals surface area (Å²) in [6, 6.07) is 12.7. The van der Waals surface area contributed by atoms with Crippen LogP contribution in [0.4, 0.5) is 5.82 Å². The fraction of sp³-hybridized carbons (Fsp3) is 0.238. The maximum absolute atomic E-state index is 12.6. The van der Waals surface area contributed by atoms with Gasteiger partial charge in [-0.25, -0.2) is 4.98 Å². The number of anilines is 1. The monoisotopic (exact) mass is 390 g/mol. The molecule has 3 heterocycles. The molecule has 148 valence electrons. The third-order valence-corrected chi connectivity index (χ3v) is 4.96. The first-order valence-corrected chi connectivity index (χ1v) is 9.46. The molecule has 0 bridgehead atoms. The van der Waals surface area contributed by atoms with Crippen molar-refractivity contribution in [1.82, 2.24) is 20.0 Å². The molecule has 1 atom stereocenters. The number of aromatic nitrogens is 2. The lowest BCUT2D eigenvalue weighted by Gasteiger charge is -2.19. The first-order chi connectivity index (χ1) is 14.2. The van der Waals surface area contributed by atoms with Gasteiger partial charge in [0.1, 0.15) is 0 Å². The van der Waals surface area contributed by atoms with Crippen molar-refractivity contribution in [3.63, 3.8) is 0 Å². The maximum Gasteiger partial charge on any atom is 0.287 e. The molecule has 1 aliphatic heterocycles. The second-order valence-electron chi connectivity index (χ2n) is 6.85. The van der Waals surface area contributed by atoms with E-state index in [1.54, 1.807) is 30.5 Å². The van der Waals surface area contributed by atoms with E-state index in [0.717, 1.165) is 24.3 Å². The number of nitrogens with zero attached hydrogens (tertiary/aromatic N) is 4. The Hall–Kier alpha value is -3.68. The molecular formula is C21H22N6O2. The standard InChI is InChI=1S/C21H22N6O2/c1-22-18(25-20(28)15-6-3-2-4-7-15)21(29)24-16-9-12-27(14-16)19-17-8-5-11-26(17)13-10-23-19/h2-8,10-11,13,16H,9,12,14H2,1H3,(H,24,29)(H,22,25,28)/t16-/m0/s1. The molecule has 1 aliphatic rings. The van der Waals surface area contributed by atoms with Gasteiger partial charge in [0.25, 0.3) is 11.8 Å². The molecule has 0 spiro atoms. The third-order valence-electron chi connectivity index (χ3n) is 4.96. The van der Waals surface area contributed by atoms with Crippen molar-refractivity contribution in [1.29, 1.82) is 0 Å². The predicted molar refractivity (Wildman–Crippen MR) is 111 cm³/mol. The van der Waals surface area contributed by atoms with Crippen LogP contribution in [-0.2, 0) is 4.79 Å². The fourth-order valence-electron chi connectivity index (χ4n) is 3.51. The van der Waals surface area contributed by atoms with Crippen molar-refractivity contribution < 1.29 is 9.59 Å². The Morgan fingerprint density at radius 1 is 1.14 bits per heavy atom. The van der Waals surface area contributed by atoms with Gasteiger partial charge in [-0.15, -0.1) is 0 Å². The molecule has 1 fully saturated rings. The predicted octanol–water partition coefficient (Wildman–Crippen LogP) is 1.49. The molecule has 0 radical (unpaired) electrons. The van der Waals surface area contributed by atoms with E-state index in [-0.39, 0.29) is 17.8 Å². The minimum atomic E-state index is -0.391. The average molecular weight is 390 g/mol. The van der Waals surface area contributed by atoms with Crippen molar-refractivity contribution in [3.05, 3.63) is 66.6 Å². The number of carbonyl (C=O) groups excluding carboxylic acids is 2. The molecule has 2 amide bonds. The zero-order chi connectivity index (χ0) is 20.2. The van der Waals surface area contributed by atoms with Crippen molar-refractivity contribution in [3.8, 4) is 0 Å². The Morgan fingerprint density at radius 3 is 2.76 bits per heavy atom. The second kappa shape index (κ2) is 8.14. The molecule has 1 aromatic carbocycles. The fourth-order valence-corrected chi connectivity index (χ4v) is 3.51. The molecule has 1 saturated heterocycles. The molecule has 2 N–H and O–H groups in total. The summed E-state index contributed by atoms with van der Waals surface area (Å²) < 4.78 is 2.02. The largest absolute Gasteiger partial charge is 0.353 e. The quantitative estimate of drug-likeness (QED) is 0.524. The van der Waals surface area contributed by atoms with E-state index >= 15 is 0 Å². The lowest BCUT2D eigenvalue weighted by Crippen LogP contribution is -2.47. The van der Waals surface area contributed by atoms with Crippen LogP contribution < -0.4 is 15.5 Å². The van der Waals surface area contributed by atoms with Crippen molar-refractivity contribution in [2.24, 2.45) is 4.99 Å². The molecule has 3 aromatic rings. The molecule has 0 unspecified atom stereocenters. The first-order valence-electron chi connectivity index (χ1n) is 9.46. The van der Waals surface area contributed by atoms with Crippen LogP contribution in [0.15, 0.2) is 66.0 Å². The van der Waals surface area contributed by atoms with Gasteiger partial charge in [0.15, 0.2) is 11.7 Å². The number of fused-ring (bicyclic) bond motifs is 1. The summed E-state index contributed by atoms with van der Waals surface area (Å²) in [5, 5.41) is 5.56. The highest BCUT2D eigenvalue weighted by Crippen LogP contribution is 2.23. The van der Waals surface area contributed by atoms with Gasteiger partial charge in [0, 0.05) is 50.3 Å². The van der Waals surface area contributed by atoms with Crippen LogP contribution in [0.5, 0.6) is 0 Å². The lowest BCUT2D eigenvalue weighted by atomic mass is 10.2. The number of amides is 2. The van der Waals surface area contributed by atoms with Gasteiger partial charge in [-0.05, 0) is 30.7 Å². The van der Waals surface area contributed by atoms with Gasteiger partial charge in [0.2, 0.25) is 0 Å². The Labute approximate surface area is 168 Å². The zero-order valence-electron chi connectivity index (χ0n) is 16.1. The molecule has 4 rings (SSSR count). The van der Waals surface area contributed by atoms with Gasteiger partial charge < -0.3 is 19.9 Å². The van der Waals surface area contributed by atoms with Crippen LogP contribution in [0.2, 0.25) is 0 Å². The summed E-state index contributed by atoms with van der Waals surface area (Å²) in [4.78, 5) is 35.5. The van der Waals surface area contributed by atoms with Crippen molar-refractivity contribution >= 4 is 29.0 Å². The average Bonchev–Trinajstić information content (AvgIpc) is 3.41. The summed E-state index contributed by atoms with van der Waals surface area (Å²) in [5.41, 5.74) is 1.50. The smallest absolute Gasteiger partial charge is 0.287 e. The summed E-state index contributed by atoms with van der Waals surface area (Å²) in [5.74, 6) is 0.149. The number of aliphatic imine (C=N–C) groups is 1. The van der Waals surface area contributed by atoms with Gasteiger partial charge >= 0.3 is 0 Å². The number of rotatable bonds is 3. The number of amidine groups is 1. The molecule has 8 nitrogen and oxygen atoms in total. The number of carbonyl (C=O) groups is 2. The Morgan fingerprint density at radius 2 is 1.97 bits per heavy atom. The zero-order valence-corrected chi connectivity index (χ0v) is 16.1. The topological polar surface area (TPSA) is 91.1 Å². The SMILES string of the molecule is CN=C(NC(=O)c1ccccc1)C(=O)N[C@H]1CCN(c2nccn3cccc23)C1. The second-order valence-corrected chi connectivity index (χ2v) is 6.85. The van der Waals surface area contributed by atoms with Gasteiger partial charge in [-0.3, -0.25) is 14.6 Å². The van der Waals surface area contributed by atoms with Crippen molar-refractivity contribution in [2.75, 3.05) is 25.0 Å². The number of benzene rings is 1. The van der Waals surface area contributed by atoms with Gasteiger partial charge in [-0.2, -0.15) is 0 Å². The summed E-state index contributed by atoms with van der Waals surface area (Å²) in [6.45, 7) is 1.44. The van der Waals surface area contributed by atoms with Crippen LogP contribution in [0.25, 0.3) is 5.52 Å². The minimum Gasteiger partial charge on any atom is -0.353 e. The third kappa shape index (κ3) is 3.96. The minimum absolute atomic E-state index is 0.00381. The van der Waals surface area contributed by atoms with Crippen LogP contribution in [0.1, 0.15) is 16.8 Å². The summed E-state index contributed by atoms with van der Waals surface area (Å²) in [7, 11) is 1.48. The van der Waals surface area contributed by atoms with E-state index in [4.69, 9.17) is 0 Å². The number of hydrogen-bond acceptors (Lipinski definition) is 5. The van der Waals surface area contributed by atoms with E-state index in [2.05, 4.69) is 25.5 Å². The van der Waals surface area contributed by atoms with E-state index < -0.39 is 5.91 Å². The highest BCUT2D eigenvalue weighted by atomic mass is 16.2. The van der Waals surface area contributed by atoms with E-state index in [1.807, 2.05) is 35.0 Å². The Kier molecular flexibility index (Phi) is 5.24. The van der Waals surface area contributed by atoms with E-state index in [1.165, 1.54) is 7.05 Å². The number of hydrogen-bond donors (Lipinski definition) is 2. The molecular weight excluding hydrogens is 368 g/mol. The molecule has 0 saturated carbocycles. The maximum atomic E-state index is 12.6. The first kappa shape index (κ1) is 18.7. The lowest BCUT2D eigenvalue weighted by molar-refractivity contribution is -0.115. The highest BCUT2D eigenvalue weighted by molar-refractivity contribution is 6.41.